The van der Waals surface area contributed by atoms with Gasteiger partial charge in [-0.05, 0) is 42.3 Å². The van der Waals surface area contributed by atoms with Crippen molar-refractivity contribution in [3.05, 3.63) is 99.3 Å². The second-order valence-corrected chi connectivity index (χ2v) is 10.2. The van der Waals surface area contributed by atoms with E-state index in [4.69, 9.17) is 21.1 Å². The minimum absolute atomic E-state index is 0.138. The van der Waals surface area contributed by atoms with Crippen molar-refractivity contribution in [2.24, 2.45) is 0 Å². The monoisotopic (exact) mass is 576 g/mol. The number of carbonyl (C=O) groups excluding carboxylic acids is 4. The normalized spacial score (nSPS) is 18.2. The van der Waals surface area contributed by atoms with Gasteiger partial charge in [0.1, 0.15) is 5.69 Å². The van der Waals surface area contributed by atoms with Crippen LogP contribution in [0.15, 0.2) is 60.7 Å². The smallest absolute Gasteiger partial charge is 0.269 e. The topological polar surface area (TPSA) is 127 Å². The predicted octanol–water partition coefficient (Wildman–Crippen LogP) is 3.23. The van der Waals surface area contributed by atoms with Gasteiger partial charge in [0.2, 0.25) is 0 Å². The van der Waals surface area contributed by atoms with E-state index in [9.17, 15) is 19.2 Å². The molecule has 0 radical (unpaired) electrons. The molecule has 10 nitrogen and oxygen atoms in total. The van der Waals surface area contributed by atoms with Crippen LogP contribution in [0.1, 0.15) is 65.7 Å². The Kier molecular flexibility index (Phi) is 8.72. The van der Waals surface area contributed by atoms with Gasteiger partial charge in [-0.3, -0.25) is 24.1 Å². The van der Waals surface area contributed by atoms with E-state index in [0.717, 1.165) is 5.56 Å². The summed E-state index contributed by atoms with van der Waals surface area (Å²) in [6, 6.07) is 16.7. The summed E-state index contributed by atoms with van der Waals surface area (Å²) in [5, 5.41) is 5.99. The molecule has 0 atom stereocenters. The molecule has 2 aliphatic heterocycles. The molecule has 0 aliphatic carbocycles. The molecule has 0 spiro atoms. The maximum Gasteiger partial charge on any atom is 0.269 e. The molecular weight excluding hydrogens is 548 g/mol. The molecule has 2 aliphatic rings. The highest BCUT2D eigenvalue weighted by molar-refractivity contribution is 6.31. The summed E-state index contributed by atoms with van der Waals surface area (Å²) in [6.45, 7) is 0.702. The molecule has 3 heterocycles. The number of carbonyl (C=O) groups is 4. The standard InChI is InChI=1S/C30H29ClN4O6/c1-32-28(37)25-15-19(14-20(34-25)13-18-7-2-5-10-24(18)31)27(36)33-12-6-11-26-40-16-21(17-41-26)35-29(38)22-8-3-4-9-23(22)30(35)39/h2-5,7-10,14-15,21,26H,6,11-13,16-17H2,1H3,(H,32,37)(H,33,36)/t21-,26-. The molecule has 5 rings (SSSR count). The number of imide groups is 1. The van der Waals surface area contributed by atoms with E-state index in [1.54, 1.807) is 36.4 Å². The van der Waals surface area contributed by atoms with Crippen LogP contribution in [0, 0.1) is 0 Å². The first kappa shape index (κ1) is 28.4. The van der Waals surface area contributed by atoms with Gasteiger partial charge >= 0.3 is 0 Å². The van der Waals surface area contributed by atoms with Crippen LogP contribution in [0.3, 0.4) is 0 Å². The third kappa shape index (κ3) is 6.30. The Balaban J connectivity index is 1.12. The molecule has 2 aromatic carbocycles. The Morgan fingerprint density at radius 2 is 1.63 bits per heavy atom. The Bertz CT molecular complexity index is 1450. The third-order valence-corrected chi connectivity index (χ3v) is 7.34. The van der Waals surface area contributed by atoms with Crippen LogP contribution >= 0.6 is 11.6 Å². The average Bonchev–Trinajstić information content (AvgIpc) is 3.25. The Morgan fingerprint density at radius 3 is 2.29 bits per heavy atom. The highest BCUT2D eigenvalue weighted by Gasteiger charge is 2.41. The highest BCUT2D eigenvalue weighted by Crippen LogP contribution is 2.27. The Hall–Kier alpha value is -4.12. The third-order valence-electron chi connectivity index (χ3n) is 6.97. The Morgan fingerprint density at radius 1 is 0.976 bits per heavy atom. The molecule has 2 N–H and O–H groups in total. The van der Waals surface area contributed by atoms with Gasteiger partial charge in [-0.15, -0.1) is 0 Å². The number of aromatic nitrogens is 1. The van der Waals surface area contributed by atoms with Crippen LogP contribution in [0.5, 0.6) is 0 Å². The van der Waals surface area contributed by atoms with Crippen molar-refractivity contribution in [1.29, 1.82) is 0 Å². The molecule has 0 bridgehead atoms. The van der Waals surface area contributed by atoms with Gasteiger partial charge < -0.3 is 20.1 Å². The lowest BCUT2D eigenvalue weighted by Gasteiger charge is -2.33. The molecule has 0 unspecified atom stereocenters. The van der Waals surface area contributed by atoms with Gasteiger partial charge in [0.15, 0.2) is 6.29 Å². The molecule has 41 heavy (non-hydrogen) atoms. The molecule has 11 heteroatoms. The fourth-order valence-electron chi connectivity index (χ4n) is 4.85. The van der Waals surface area contributed by atoms with Gasteiger partial charge in [-0.25, -0.2) is 4.98 Å². The number of hydrogen-bond acceptors (Lipinski definition) is 7. The number of benzene rings is 2. The van der Waals surface area contributed by atoms with Crippen molar-refractivity contribution < 1.29 is 28.7 Å². The highest BCUT2D eigenvalue weighted by atomic mass is 35.5. The lowest BCUT2D eigenvalue weighted by Crippen LogP contribution is -2.49. The molecule has 0 saturated carbocycles. The SMILES string of the molecule is CNC(=O)c1cc(C(=O)NCCC[C@H]2OC[C@H](N3C(=O)c4ccccc4C3=O)CO2)cc(Cc2ccccc2Cl)n1. The number of hydrogen-bond donors (Lipinski definition) is 2. The van der Waals surface area contributed by atoms with Crippen molar-refractivity contribution in [3.63, 3.8) is 0 Å². The van der Waals surface area contributed by atoms with E-state index in [0.29, 0.717) is 53.2 Å². The van der Waals surface area contributed by atoms with Gasteiger partial charge in [0, 0.05) is 42.7 Å². The fourth-order valence-corrected chi connectivity index (χ4v) is 5.05. The van der Waals surface area contributed by atoms with Gasteiger partial charge in [0.05, 0.1) is 30.4 Å². The summed E-state index contributed by atoms with van der Waals surface area (Å²) in [5.74, 6) is -1.41. The number of fused-ring (bicyclic) bond motifs is 1. The second kappa shape index (κ2) is 12.6. The molecule has 4 amide bonds. The molecule has 1 saturated heterocycles. The first-order valence-corrected chi connectivity index (χ1v) is 13.7. The van der Waals surface area contributed by atoms with Crippen LogP contribution in [0.4, 0.5) is 0 Å². The first-order valence-electron chi connectivity index (χ1n) is 13.3. The lowest BCUT2D eigenvalue weighted by atomic mass is 10.1. The van der Waals surface area contributed by atoms with Crippen LogP contribution < -0.4 is 10.6 Å². The molecular formula is C30H29ClN4O6. The fraction of sp³-hybridized carbons (Fsp3) is 0.300. The lowest BCUT2D eigenvalue weighted by molar-refractivity contribution is -0.199. The van der Waals surface area contributed by atoms with Crippen molar-refractivity contribution in [1.82, 2.24) is 20.5 Å². The summed E-state index contributed by atoms with van der Waals surface area (Å²) in [7, 11) is 1.50. The average molecular weight is 577 g/mol. The quantitative estimate of drug-likeness (QED) is 0.296. The summed E-state index contributed by atoms with van der Waals surface area (Å²) in [6.07, 6.45) is 0.921. The van der Waals surface area contributed by atoms with Crippen LogP contribution in [0.2, 0.25) is 5.02 Å². The zero-order valence-electron chi connectivity index (χ0n) is 22.4. The van der Waals surface area contributed by atoms with Crippen molar-refractivity contribution in [2.75, 3.05) is 26.8 Å². The minimum Gasteiger partial charge on any atom is -0.354 e. The number of rotatable bonds is 9. The summed E-state index contributed by atoms with van der Waals surface area (Å²) in [5.41, 5.74) is 2.61. The van der Waals surface area contributed by atoms with Crippen molar-refractivity contribution in [2.45, 2.75) is 31.6 Å². The van der Waals surface area contributed by atoms with E-state index in [1.807, 2.05) is 18.2 Å². The van der Waals surface area contributed by atoms with E-state index in [-0.39, 0.29) is 36.6 Å². The van der Waals surface area contributed by atoms with Crippen LogP contribution in [0.25, 0.3) is 0 Å². The number of pyridine rings is 1. The number of nitrogens with one attached hydrogen (secondary N) is 2. The summed E-state index contributed by atoms with van der Waals surface area (Å²) >= 11 is 6.29. The van der Waals surface area contributed by atoms with E-state index in [2.05, 4.69) is 15.6 Å². The molecule has 3 aromatic rings. The predicted molar refractivity (Wildman–Crippen MR) is 150 cm³/mol. The largest absolute Gasteiger partial charge is 0.354 e. The number of ether oxygens (including phenoxy) is 2. The maximum atomic E-state index is 12.9. The minimum atomic E-state index is -0.513. The van der Waals surface area contributed by atoms with Crippen LogP contribution in [-0.2, 0) is 15.9 Å². The second-order valence-electron chi connectivity index (χ2n) is 9.75. The number of nitrogens with zero attached hydrogens (tertiary/aromatic N) is 2. The van der Waals surface area contributed by atoms with E-state index >= 15 is 0 Å². The molecule has 212 valence electrons. The summed E-state index contributed by atoms with van der Waals surface area (Å²) in [4.78, 5) is 56.3. The van der Waals surface area contributed by atoms with Crippen molar-refractivity contribution in [3.8, 4) is 0 Å². The molecule has 1 fully saturated rings. The molecule has 1 aromatic heterocycles. The van der Waals surface area contributed by atoms with Gasteiger partial charge in [-0.1, -0.05) is 41.9 Å². The van der Waals surface area contributed by atoms with E-state index in [1.165, 1.54) is 18.0 Å². The zero-order valence-corrected chi connectivity index (χ0v) is 23.1. The zero-order chi connectivity index (χ0) is 28.9. The van der Waals surface area contributed by atoms with Crippen molar-refractivity contribution >= 4 is 35.2 Å². The first-order chi connectivity index (χ1) is 19.9. The summed E-state index contributed by atoms with van der Waals surface area (Å²) < 4.78 is 11.6. The van der Waals surface area contributed by atoms with Gasteiger partial charge in [-0.2, -0.15) is 0 Å². The number of amides is 4. The maximum absolute atomic E-state index is 12.9. The van der Waals surface area contributed by atoms with E-state index < -0.39 is 18.2 Å². The van der Waals surface area contributed by atoms with Crippen LogP contribution in [-0.4, -0.2) is 72.7 Å². The Labute approximate surface area is 242 Å². The van der Waals surface area contributed by atoms with Gasteiger partial charge in [0.25, 0.3) is 23.6 Å². The number of halogens is 1.